The minimum Gasteiger partial charge on any atom is -0.351 e. The van der Waals surface area contributed by atoms with E-state index in [2.05, 4.69) is 11.4 Å². The van der Waals surface area contributed by atoms with Gasteiger partial charge in [-0.3, -0.25) is 10.1 Å². The van der Waals surface area contributed by atoms with E-state index in [0.717, 1.165) is 6.42 Å². The summed E-state index contributed by atoms with van der Waals surface area (Å²) < 4.78 is 0. The van der Waals surface area contributed by atoms with E-state index in [1.54, 1.807) is 0 Å². The molecule has 0 saturated heterocycles. The molecule has 0 heterocycles. The molecule has 3 amide bonds. The topological polar surface area (TPSA) is 84.2 Å². The molecule has 0 spiro atoms. The number of primary amides is 1. The van der Waals surface area contributed by atoms with Gasteiger partial charge in [-0.15, -0.1) is 0 Å². The smallest absolute Gasteiger partial charge is 0.318 e. The van der Waals surface area contributed by atoms with Crippen molar-refractivity contribution >= 4 is 11.9 Å². The van der Waals surface area contributed by atoms with Crippen LogP contribution < -0.4 is 16.4 Å². The van der Waals surface area contributed by atoms with Gasteiger partial charge in [0.25, 0.3) is 0 Å². The molecule has 5 nitrogen and oxygen atoms in total. The van der Waals surface area contributed by atoms with Gasteiger partial charge in [-0.2, -0.15) is 0 Å². The van der Waals surface area contributed by atoms with Gasteiger partial charge >= 0.3 is 6.03 Å². The molecule has 0 fully saturated rings. The lowest BCUT2D eigenvalue weighted by Crippen LogP contribution is -2.40. The quantitative estimate of drug-likeness (QED) is 0.643. The predicted molar refractivity (Wildman–Crippen MR) is 65.5 cm³/mol. The van der Waals surface area contributed by atoms with E-state index in [4.69, 9.17) is 5.73 Å². The lowest BCUT2D eigenvalue weighted by molar-refractivity contribution is -0.119. The molecule has 1 aromatic rings. The van der Waals surface area contributed by atoms with Crippen LogP contribution >= 0.6 is 0 Å². The number of aryl methyl sites for hydroxylation is 1. The first-order chi connectivity index (χ1) is 8.08. The summed E-state index contributed by atoms with van der Waals surface area (Å²) in [6.45, 7) is 2.81. The zero-order valence-corrected chi connectivity index (χ0v) is 9.82. The Kier molecular flexibility index (Phi) is 5.16. The number of nitrogens with two attached hydrogens (primary N) is 1. The maximum atomic E-state index is 11.0. The molecular weight excluding hydrogens is 218 g/mol. The Hall–Kier alpha value is -1.88. The summed E-state index contributed by atoms with van der Waals surface area (Å²) in [5.74, 6) is -0.415. The highest BCUT2D eigenvalue weighted by Gasteiger charge is 2.02. The van der Waals surface area contributed by atoms with E-state index in [9.17, 15) is 9.59 Å². The molecule has 5 heteroatoms. The molecule has 0 aliphatic rings. The summed E-state index contributed by atoms with van der Waals surface area (Å²) in [7, 11) is 0. The van der Waals surface area contributed by atoms with Crippen molar-refractivity contribution in [1.82, 2.24) is 10.6 Å². The van der Waals surface area contributed by atoms with Crippen LogP contribution in [0.25, 0.3) is 0 Å². The summed E-state index contributed by atoms with van der Waals surface area (Å²) in [4.78, 5) is 21.4. The molecular formula is C12H17N3O2. The Balaban J connectivity index is 2.20. The molecule has 1 rings (SSSR count). The number of hydrogen-bond acceptors (Lipinski definition) is 3. The second kappa shape index (κ2) is 6.65. The van der Waals surface area contributed by atoms with Gasteiger partial charge in [0, 0.05) is 0 Å². The maximum absolute atomic E-state index is 11.0. The normalized spacial score (nSPS) is 9.94. The molecule has 0 aliphatic heterocycles. The number of rotatable bonds is 5. The summed E-state index contributed by atoms with van der Waals surface area (Å²) >= 11 is 0. The van der Waals surface area contributed by atoms with Crippen LogP contribution in [0.1, 0.15) is 11.1 Å². The molecule has 0 radical (unpaired) electrons. The molecule has 0 atom stereocenters. The van der Waals surface area contributed by atoms with Crippen LogP contribution in [0.3, 0.4) is 0 Å². The van der Waals surface area contributed by atoms with E-state index in [1.165, 1.54) is 11.1 Å². The zero-order valence-electron chi connectivity index (χ0n) is 9.82. The van der Waals surface area contributed by atoms with Crippen LogP contribution in [-0.2, 0) is 11.2 Å². The third kappa shape index (κ3) is 5.67. The van der Waals surface area contributed by atoms with Gasteiger partial charge in [-0.1, -0.05) is 29.8 Å². The van der Waals surface area contributed by atoms with Gasteiger partial charge in [-0.25, -0.2) is 4.79 Å². The van der Waals surface area contributed by atoms with Crippen molar-refractivity contribution in [3.8, 4) is 0 Å². The van der Waals surface area contributed by atoms with Crippen LogP contribution in [0.15, 0.2) is 24.3 Å². The number of hydrogen-bond donors (Lipinski definition) is 3. The molecule has 17 heavy (non-hydrogen) atoms. The van der Waals surface area contributed by atoms with Crippen LogP contribution in [-0.4, -0.2) is 25.0 Å². The average Bonchev–Trinajstić information content (AvgIpc) is 2.23. The highest BCUT2D eigenvalue weighted by atomic mass is 16.2. The second-order valence-electron chi connectivity index (χ2n) is 3.83. The molecule has 0 saturated carbocycles. The van der Waals surface area contributed by atoms with Crippen molar-refractivity contribution in [3.63, 3.8) is 0 Å². The monoisotopic (exact) mass is 235 g/mol. The van der Waals surface area contributed by atoms with Crippen molar-refractivity contribution in [2.24, 2.45) is 5.73 Å². The molecule has 92 valence electrons. The SMILES string of the molecule is Cc1cccc(CCNCC(=O)NC(N)=O)c1. The molecule has 4 N–H and O–H groups in total. The van der Waals surface area contributed by atoms with E-state index >= 15 is 0 Å². The number of urea groups is 1. The summed E-state index contributed by atoms with van der Waals surface area (Å²) in [6.07, 6.45) is 0.839. The minimum absolute atomic E-state index is 0.0920. The van der Waals surface area contributed by atoms with Crippen molar-refractivity contribution in [3.05, 3.63) is 35.4 Å². The second-order valence-corrected chi connectivity index (χ2v) is 3.83. The lowest BCUT2D eigenvalue weighted by atomic mass is 10.1. The Bertz CT molecular complexity index is 404. The van der Waals surface area contributed by atoms with E-state index in [-0.39, 0.29) is 6.54 Å². The zero-order chi connectivity index (χ0) is 12.7. The van der Waals surface area contributed by atoms with Gasteiger partial charge in [0.15, 0.2) is 0 Å². The van der Waals surface area contributed by atoms with Crippen LogP contribution in [0.5, 0.6) is 0 Å². The summed E-state index contributed by atoms with van der Waals surface area (Å²) in [5.41, 5.74) is 7.24. The van der Waals surface area contributed by atoms with Crippen LogP contribution in [0.4, 0.5) is 4.79 Å². The van der Waals surface area contributed by atoms with E-state index < -0.39 is 11.9 Å². The van der Waals surface area contributed by atoms with Crippen LogP contribution in [0, 0.1) is 6.92 Å². The number of benzene rings is 1. The van der Waals surface area contributed by atoms with Crippen LogP contribution in [0.2, 0.25) is 0 Å². The first-order valence-electron chi connectivity index (χ1n) is 5.43. The Labute approximate surface area is 100 Å². The number of nitrogens with one attached hydrogen (secondary N) is 2. The number of carbonyl (C=O) groups is 2. The van der Waals surface area contributed by atoms with E-state index in [1.807, 2.05) is 30.4 Å². The molecule has 0 unspecified atom stereocenters. The van der Waals surface area contributed by atoms with Crippen molar-refractivity contribution in [1.29, 1.82) is 0 Å². The van der Waals surface area contributed by atoms with E-state index in [0.29, 0.717) is 6.54 Å². The highest BCUT2D eigenvalue weighted by molar-refractivity contribution is 5.94. The molecule has 0 bridgehead atoms. The summed E-state index contributed by atoms with van der Waals surface area (Å²) in [6, 6.07) is 7.36. The molecule has 0 aromatic heterocycles. The first-order valence-corrected chi connectivity index (χ1v) is 5.43. The molecule has 0 aliphatic carbocycles. The van der Waals surface area contributed by atoms with Crippen molar-refractivity contribution in [2.75, 3.05) is 13.1 Å². The highest BCUT2D eigenvalue weighted by Crippen LogP contribution is 2.03. The Morgan fingerprint density at radius 3 is 2.76 bits per heavy atom. The predicted octanol–water partition coefficient (Wildman–Crippen LogP) is 0.322. The average molecular weight is 235 g/mol. The third-order valence-electron chi connectivity index (χ3n) is 2.22. The van der Waals surface area contributed by atoms with Crippen molar-refractivity contribution in [2.45, 2.75) is 13.3 Å². The van der Waals surface area contributed by atoms with Gasteiger partial charge < -0.3 is 11.1 Å². The van der Waals surface area contributed by atoms with Crippen molar-refractivity contribution < 1.29 is 9.59 Å². The first kappa shape index (κ1) is 13.2. The molecule has 1 aromatic carbocycles. The summed E-state index contributed by atoms with van der Waals surface area (Å²) in [5, 5.41) is 4.93. The number of carbonyl (C=O) groups excluding carboxylic acids is 2. The largest absolute Gasteiger partial charge is 0.351 e. The van der Waals surface area contributed by atoms with Gasteiger partial charge in [0.2, 0.25) is 5.91 Å². The fourth-order valence-corrected chi connectivity index (χ4v) is 1.48. The van der Waals surface area contributed by atoms with Gasteiger partial charge in [-0.05, 0) is 25.5 Å². The maximum Gasteiger partial charge on any atom is 0.318 e. The van der Waals surface area contributed by atoms with Gasteiger partial charge in [0.05, 0.1) is 6.54 Å². The third-order valence-corrected chi connectivity index (χ3v) is 2.22. The standard InChI is InChI=1S/C12H17N3O2/c1-9-3-2-4-10(7-9)5-6-14-8-11(16)15-12(13)17/h2-4,7,14H,5-6,8H2,1H3,(H3,13,15,16,17). The Morgan fingerprint density at radius 2 is 2.12 bits per heavy atom. The fraction of sp³-hybridized carbons (Fsp3) is 0.333. The Morgan fingerprint density at radius 1 is 1.35 bits per heavy atom. The number of amides is 3. The lowest BCUT2D eigenvalue weighted by Gasteiger charge is -2.05. The van der Waals surface area contributed by atoms with Gasteiger partial charge in [0.1, 0.15) is 0 Å². The number of imide groups is 1. The fourth-order valence-electron chi connectivity index (χ4n) is 1.48. The minimum atomic E-state index is -0.824.